The topological polar surface area (TPSA) is 91.8 Å². The first-order chi connectivity index (χ1) is 13.8. The van der Waals surface area contributed by atoms with Gasteiger partial charge in [-0.2, -0.15) is 4.31 Å². The molecule has 1 aromatic heterocycles. The Bertz CT molecular complexity index is 968. The van der Waals surface area contributed by atoms with Crippen LogP contribution in [0.5, 0.6) is 0 Å². The maximum atomic E-state index is 12.9. The first kappa shape index (κ1) is 21.2. The summed E-state index contributed by atoms with van der Waals surface area (Å²) in [6.07, 6.45) is 1.71. The van der Waals surface area contributed by atoms with E-state index in [0.29, 0.717) is 44.0 Å². The van der Waals surface area contributed by atoms with Gasteiger partial charge in [-0.15, -0.1) is 0 Å². The molecule has 1 saturated heterocycles. The molecular weight excluding hydrogens is 392 g/mol. The molecule has 0 atom stereocenters. The van der Waals surface area contributed by atoms with Crippen molar-refractivity contribution in [2.45, 2.75) is 18.4 Å². The molecule has 1 aliphatic heterocycles. The van der Waals surface area contributed by atoms with Gasteiger partial charge in [-0.3, -0.25) is 4.79 Å². The zero-order valence-electron chi connectivity index (χ0n) is 16.9. The number of aromatic nitrogens is 1. The Balaban J connectivity index is 1.74. The van der Waals surface area contributed by atoms with Crippen LogP contribution in [-0.2, 0) is 21.3 Å². The monoisotopic (exact) mass is 418 g/mol. The van der Waals surface area contributed by atoms with Gasteiger partial charge in [0.2, 0.25) is 10.0 Å². The van der Waals surface area contributed by atoms with Crippen LogP contribution in [0.25, 0.3) is 0 Å². The molecule has 2 heterocycles. The highest BCUT2D eigenvalue weighted by atomic mass is 32.2. The number of morpholine rings is 1. The fourth-order valence-corrected chi connectivity index (χ4v) is 4.44. The van der Waals surface area contributed by atoms with E-state index in [1.807, 2.05) is 31.1 Å². The summed E-state index contributed by atoms with van der Waals surface area (Å²) in [5.74, 6) is 0.509. The molecule has 0 aliphatic carbocycles. The lowest BCUT2D eigenvalue weighted by Gasteiger charge is -2.26. The Labute approximate surface area is 171 Å². The van der Waals surface area contributed by atoms with Crippen LogP contribution in [0.15, 0.2) is 41.4 Å². The van der Waals surface area contributed by atoms with E-state index in [2.05, 4.69) is 10.3 Å². The molecule has 1 fully saturated rings. The van der Waals surface area contributed by atoms with E-state index in [9.17, 15) is 13.2 Å². The van der Waals surface area contributed by atoms with Crippen molar-refractivity contribution < 1.29 is 17.9 Å². The molecule has 1 amide bonds. The first-order valence-corrected chi connectivity index (χ1v) is 10.8. The maximum Gasteiger partial charge on any atom is 0.251 e. The Morgan fingerprint density at radius 1 is 1.21 bits per heavy atom. The largest absolute Gasteiger partial charge is 0.379 e. The van der Waals surface area contributed by atoms with Crippen LogP contribution >= 0.6 is 0 Å². The zero-order valence-corrected chi connectivity index (χ0v) is 17.7. The number of nitrogens with zero attached hydrogens (tertiary/aromatic N) is 3. The predicted octanol–water partition coefficient (Wildman–Crippen LogP) is 1.41. The molecule has 8 nitrogen and oxygen atoms in total. The Kier molecular flexibility index (Phi) is 6.51. The molecule has 0 spiro atoms. The third kappa shape index (κ3) is 4.92. The summed E-state index contributed by atoms with van der Waals surface area (Å²) in [5.41, 5.74) is 1.92. The first-order valence-electron chi connectivity index (χ1n) is 9.38. The van der Waals surface area contributed by atoms with Gasteiger partial charge in [0.05, 0.1) is 18.1 Å². The third-order valence-corrected chi connectivity index (χ3v) is 6.68. The lowest BCUT2D eigenvalue weighted by molar-refractivity contribution is 0.0730. The van der Waals surface area contributed by atoms with Crippen molar-refractivity contribution >= 4 is 21.7 Å². The highest BCUT2D eigenvalue weighted by Gasteiger charge is 2.27. The number of aryl methyl sites for hydroxylation is 1. The number of anilines is 1. The second-order valence-corrected chi connectivity index (χ2v) is 9.03. The Hall–Kier alpha value is -2.49. The number of hydrogen-bond acceptors (Lipinski definition) is 6. The number of sulfonamides is 1. The molecule has 3 rings (SSSR count). The van der Waals surface area contributed by atoms with Crippen LogP contribution in [0.1, 0.15) is 21.5 Å². The summed E-state index contributed by atoms with van der Waals surface area (Å²) in [6.45, 7) is 3.46. The number of nitrogens with one attached hydrogen (secondary N) is 1. The van der Waals surface area contributed by atoms with Crippen LogP contribution in [0.3, 0.4) is 0 Å². The number of ether oxygens (including phenoxy) is 1. The summed E-state index contributed by atoms with van der Waals surface area (Å²) >= 11 is 0. The average molecular weight is 419 g/mol. The highest BCUT2D eigenvalue weighted by molar-refractivity contribution is 7.89. The van der Waals surface area contributed by atoms with E-state index >= 15 is 0 Å². The van der Waals surface area contributed by atoms with Crippen molar-refractivity contribution in [1.29, 1.82) is 0 Å². The molecule has 2 aromatic rings. The van der Waals surface area contributed by atoms with Gasteiger partial charge in [-0.05, 0) is 36.2 Å². The molecule has 29 heavy (non-hydrogen) atoms. The number of carbonyl (C=O) groups is 1. The van der Waals surface area contributed by atoms with Gasteiger partial charge >= 0.3 is 0 Å². The number of carbonyl (C=O) groups excluding carboxylic acids is 1. The number of hydrogen-bond donors (Lipinski definition) is 1. The summed E-state index contributed by atoms with van der Waals surface area (Å²) in [7, 11) is 0.158. The maximum absolute atomic E-state index is 12.9. The molecular formula is C20H26N4O4S. The van der Waals surface area contributed by atoms with E-state index < -0.39 is 10.0 Å². The number of pyridine rings is 1. The predicted molar refractivity (Wildman–Crippen MR) is 110 cm³/mol. The Morgan fingerprint density at radius 3 is 2.55 bits per heavy atom. The molecule has 9 heteroatoms. The highest BCUT2D eigenvalue weighted by Crippen LogP contribution is 2.21. The SMILES string of the molecule is Cc1ccc(S(=O)(=O)N2CCOCC2)cc1C(=O)NCc1ccc(N(C)C)nc1. The van der Waals surface area contributed by atoms with Gasteiger partial charge in [0.25, 0.3) is 5.91 Å². The molecule has 1 N–H and O–H groups in total. The van der Waals surface area contributed by atoms with Crippen molar-refractivity contribution in [3.8, 4) is 0 Å². The lowest BCUT2D eigenvalue weighted by atomic mass is 10.1. The van der Waals surface area contributed by atoms with E-state index in [1.54, 1.807) is 25.3 Å². The summed E-state index contributed by atoms with van der Waals surface area (Å²) < 4.78 is 32.3. The van der Waals surface area contributed by atoms with Crippen LogP contribution in [-0.4, -0.2) is 64.0 Å². The van der Waals surface area contributed by atoms with Gasteiger partial charge in [-0.25, -0.2) is 13.4 Å². The number of rotatable bonds is 6. The zero-order chi connectivity index (χ0) is 21.0. The minimum Gasteiger partial charge on any atom is -0.379 e. The average Bonchev–Trinajstić information content (AvgIpc) is 2.73. The third-order valence-electron chi connectivity index (χ3n) is 4.78. The van der Waals surface area contributed by atoms with Crippen LogP contribution in [0.2, 0.25) is 0 Å². The fourth-order valence-electron chi connectivity index (χ4n) is 3.01. The minimum atomic E-state index is -3.66. The second kappa shape index (κ2) is 8.89. The van der Waals surface area contributed by atoms with Crippen molar-refractivity contribution in [3.63, 3.8) is 0 Å². The molecule has 1 aliphatic rings. The van der Waals surface area contributed by atoms with Gasteiger partial charge in [0.15, 0.2) is 0 Å². The van der Waals surface area contributed by atoms with Crippen molar-refractivity contribution in [1.82, 2.24) is 14.6 Å². The second-order valence-electron chi connectivity index (χ2n) is 7.09. The quantitative estimate of drug-likeness (QED) is 0.763. The Morgan fingerprint density at radius 2 is 1.93 bits per heavy atom. The van der Waals surface area contributed by atoms with Crippen molar-refractivity contribution in [3.05, 3.63) is 53.2 Å². The normalized spacial score (nSPS) is 15.1. The fraction of sp³-hybridized carbons (Fsp3) is 0.400. The summed E-state index contributed by atoms with van der Waals surface area (Å²) in [5, 5.41) is 2.84. The molecule has 0 saturated carbocycles. The smallest absolute Gasteiger partial charge is 0.251 e. The van der Waals surface area contributed by atoms with Crippen molar-refractivity contribution in [2.75, 3.05) is 45.3 Å². The van der Waals surface area contributed by atoms with Gasteiger partial charge < -0.3 is 15.0 Å². The van der Waals surface area contributed by atoms with Gasteiger partial charge in [-0.1, -0.05) is 12.1 Å². The molecule has 156 valence electrons. The standard InChI is InChI=1S/C20H26N4O4S/c1-15-4-6-17(29(26,27)24-8-10-28-11-9-24)12-18(15)20(25)22-14-16-5-7-19(21-13-16)23(2)3/h4-7,12-13H,8-11,14H2,1-3H3,(H,22,25). The molecule has 1 aromatic carbocycles. The van der Waals surface area contributed by atoms with Crippen LogP contribution < -0.4 is 10.2 Å². The van der Waals surface area contributed by atoms with E-state index in [1.165, 1.54) is 10.4 Å². The molecule has 0 unspecified atom stereocenters. The van der Waals surface area contributed by atoms with Crippen molar-refractivity contribution in [2.24, 2.45) is 0 Å². The molecule has 0 bridgehead atoms. The molecule has 0 radical (unpaired) electrons. The van der Waals surface area contributed by atoms with E-state index in [-0.39, 0.29) is 10.8 Å². The van der Waals surface area contributed by atoms with E-state index in [4.69, 9.17) is 4.74 Å². The summed E-state index contributed by atoms with van der Waals surface area (Å²) in [4.78, 5) is 19.0. The number of benzene rings is 1. The van der Waals surface area contributed by atoms with E-state index in [0.717, 1.165) is 11.4 Å². The van der Waals surface area contributed by atoms with Crippen LogP contribution in [0, 0.1) is 6.92 Å². The summed E-state index contributed by atoms with van der Waals surface area (Å²) in [6, 6.07) is 8.43. The minimum absolute atomic E-state index is 0.118. The van der Waals surface area contributed by atoms with Crippen LogP contribution in [0.4, 0.5) is 5.82 Å². The number of amides is 1. The van der Waals surface area contributed by atoms with Gasteiger partial charge in [0, 0.05) is 45.5 Å². The van der Waals surface area contributed by atoms with Gasteiger partial charge in [0.1, 0.15) is 5.82 Å². The lowest BCUT2D eigenvalue weighted by Crippen LogP contribution is -2.40.